The van der Waals surface area contributed by atoms with Gasteiger partial charge in [-0.05, 0) is 17.0 Å². The summed E-state index contributed by atoms with van der Waals surface area (Å²) in [5, 5.41) is 9.50. The molecule has 7 nitrogen and oxygen atoms in total. The Hall–Kier alpha value is -3.26. The number of amides is 1. The summed E-state index contributed by atoms with van der Waals surface area (Å²) in [7, 11) is 0. The molecule has 3 heterocycles. The number of thiophene rings is 1. The second-order valence-corrected chi connectivity index (χ2v) is 6.99. The van der Waals surface area contributed by atoms with E-state index in [1.165, 1.54) is 22.2 Å². The average Bonchev–Trinajstić information content (AvgIpc) is 3.32. The summed E-state index contributed by atoms with van der Waals surface area (Å²) in [6.45, 7) is 0.917. The fourth-order valence-electron chi connectivity index (χ4n) is 2.78. The number of hydrogen-bond donors (Lipinski definition) is 1. The molecule has 0 fully saturated rings. The number of carbonyl (C=O) groups excluding carboxylic acids is 1. The number of nitrogens with zero attached hydrogens (tertiary/aromatic N) is 4. The van der Waals surface area contributed by atoms with Gasteiger partial charge in [0, 0.05) is 19.2 Å². The van der Waals surface area contributed by atoms with Gasteiger partial charge >= 0.3 is 0 Å². The van der Waals surface area contributed by atoms with Crippen LogP contribution in [-0.2, 0) is 17.9 Å². The Kier molecular flexibility index (Phi) is 4.80. The first-order chi connectivity index (χ1) is 13.2. The molecular formula is C19H17N5O2S. The van der Waals surface area contributed by atoms with Gasteiger partial charge in [-0.3, -0.25) is 18.8 Å². The molecule has 1 amide bonds. The lowest BCUT2D eigenvalue weighted by atomic mass is 10.2. The van der Waals surface area contributed by atoms with Gasteiger partial charge in [-0.2, -0.15) is 5.10 Å². The van der Waals surface area contributed by atoms with Crippen molar-refractivity contribution in [3.8, 4) is 0 Å². The van der Waals surface area contributed by atoms with E-state index in [0.717, 1.165) is 5.56 Å². The smallest absolute Gasteiger partial charge is 0.262 e. The lowest BCUT2D eigenvalue weighted by Gasteiger charge is -2.05. The van der Waals surface area contributed by atoms with E-state index in [-0.39, 0.29) is 24.4 Å². The minimum atomic E-state index is -0.174. The molecule has 0 aliphatic heterocycles. The highest BCUT2D eigenvalue weighted by Crippen LogP contribution is 2.13. The molecule has 0 unspecified atom stereocenters. The third-order valence-corrected chi connectivity index (χ3v) is 4.96. The van der Waals surface area contributed by atoms with E-state index >= 15 is 0 Å². The molecule has 0 bridgehead atoms. The molecule has 0 atom stereocenters. The van der Waals surface area contributed by atoms with Crippen molar-refractivity contribution in [1.82, 2.24) is 19.3 Å². The predicted octanol–water partition coefficient (Wildman–Crippen LogP) is 2.73. The molecule has 4 rings (SSSR count). The Labute approximate surface area is 158 Å². The maximum absolute atomic E-state index is 12.3. The molecule has 1 N–H and O–H groups in total. The monoisotopic (exact) mass is 379 g/mol. The highest BCUT2D eigenvalue weighted by Gasteiger charge is 2.09. The molecular weight excluding hydrogens is 362 g/mol. The van der Waals surface area contributed by atoms with Crippen LogP contribution in [0.2, 0.25) is 0 Å². The van der Waals surface area contributed by atoms with Gasteiger partial charge < -0.3 is 5.32 Å². The van der Waals surface area contributed by atoms with Crippen LogP contribution in [0, 0.1) is 0 Å². The third kappa shape index (κ3) is 3.95. The third-order valence-electron chi connectivity index (χ3n) is 4.13. The van der Waals surface area contributed by atoms with Gasteiger partial charge in [0.05, 0.1) is 30.1 Å². The topological polar surface area (TPSA) is 81.8 Å². The molecule has 0 spiro atoms. The summed E-state index contributed by atoms with van der Waals surface area (Å²) >= 11 is 1.43. The van der Waals surface area contributed by atoms with E-state index < -0.39 is 0 Å². The Morgan fingerprint density at radius 3 is 2.89 bits per heavy atom. The summed E-state index contributed by atoms with van der Waals surface area (Å²) < 4.78 is 3.23. The van der Waals surface area contributed by atoms with Crippen LogP contribution in [-0.4, -0.2) is 25.2 Å². The van der Waals surface area contributed by atoms with E-state index in [4.69, 9.17) is 0 Å². The van der Waals surface area contributed by atoms with Crippen LogP contribution < -0.4 is 10.9 Å². The number of fused-ring (bicyclic) bond motifs is 1. The van der Waals surface area contributed by atoms with E-state index in [9.17, 15) is 9.59 Å². The number of carbonyl (C=O) groups is 1. The zero-order valence-corrected chi connectivity index (χ0v) is 15.2. The summed E-state index contributed by atoms with van der Waals surface area (Å²) in [4.78, 5) is 29.5. The first-order valence-corrected chi connectivity index (χ1v) is 9.36. The number of benzene rings is 1. The van der Waals surface area contributed by atoms with Gasteiger partial charge in [0.1, 0.15) is 4.83 Å². The molecule has 4 aromatic rings. The molecule has 0 saturated heterocycles. The second-order valence-electron chi connectivity index (χ2n) is 6.09. The van der Waals surface area contributed by atoms with Gasteiger partial charge in [-0.25, -0.2) is 4.98 Å². The van der Waals surface area contributed by atoms with Gasteiger partial charge in [-0.1, -0.05) is 30.3 Å². The van der Waals surface area contributed by atoms with Crippen molar-refractivity contribution >= 4 is 33.1 Å². The van der Waals surface area contributed by atoms with Gasteiger partial charge in [0.2, 0.25) is 5.91 Å². The number of aryl methyl sites for hydroxylation is 1. The molecule has 0 radical (unpaired) electrons. The van der Waals surface area contributed by atoms with E-state index in [1.54, 1.807) is 23.1 Å². The molecule has 8 heteroatoms. The Morgan fingerprint density at radius 2 is 2.04 bits per heavy atom. The van der Waals surface area contributed by atoms with Crippen LogP contribution in [0.25, 0.3) is 10.2 Å². The number of nitrogens with one attached hydrogen (secondary N) is 1. The van der Waals surface area contributed by atoms with Crippen LogP contribution in [0.4, 0.5) is 5.69 Å². The van der Waals surface area contributed by atoms with Crippen molar-refractivity contribution in [3.63, 3.8) is 0 Å². The SMILES string of the molecule is O=C(CCn1cnc2sccc2c1=O)Nc1cnn(Cc2ccccc2)c1. The normalized spacial score (nSPS) is 11.0. The van der Waals surface area contributed by atoms with Crippen molar-refractivity contribution in [3.05, 3.63) is 76.4 Å². The van der Waals surface area contributed by atoms with E-state index in [2.05, 4.69) is 15.4 Å². The summed E-state index contributed by atoms with van der Waals surface area (Å²) in [5.74, 6) is -0.174. The van der Waals surface area contributed by atoms with Crippen LogP contribution in [0.1, 0.15) is 12.0 Å². The standard InChI is InChI=1S/C19H17N5O2S/c25-17(6-8-23-13-20-18-16(19(23)26)7-9-27-18)22-15-10-21-24(12-15)11-14-4-2-1-3-5-14/h1-5,7,9-10,12-13H,6,8,11H2,(H,22,25). The largest absolute Gasteiger partial charge is 0.323 e. The first-order valence-electron chi connectivity index (χ1n) is 8.48. The molecule has 27 heavy (non-hydrogen) atoms. The van der Waals surface area contributed by atoms with Gasteiger partial charge in [0.25, 0.3) is 5.56 Å². The van der Waals surface area contributed by atoms with E-state index in [1.807, 2.05) is 35.7 Å². The Bertz CT molecular complexity index is 1130. The summed E-state index contributed by atoms with van der Waals surface area (Å²) in [6.07, 6.45) is 5.08. The molecule has 0 saturated carbocycles. The Morgan fingerprint density at radius 1 is 1.19 bits per heavy atom. The van der Waals surface area contributed by atoms with Crippen molar-refractivity contribution < 1.29 is 4.79 Å². The highest BCUT2D eigenvalue weighted by atomic mass is 32.1. The molecule has 0 aliphatic rings. The summed E-state index contributed by atoms with van der Waals surface area (Å²) in [5.41, 5.74) is 1.65. The van der Waals surface area contributed by atoms with Crippen LogP contribution in [0.3, 0.4) is 0 Å². The fraction of sp³-hybridized carbons (Fsp3) is 0.158. The minimum absolute atomic E-state index is 0.121. The fourth-order valence-corrected chi connectivity index (χ4v) is 3.51. The zero-order valence-electron chi connectivity index (χ0n) is 14.4. The maximum Gasteiger partial charge on any atom is 0.262 e. The number of anilines is 1. The van der Waals surface area contributed by atoms with Gasteiger partial charge in [0.15, 0.2) is 0 Å². The zero-order chi connectivity index (χ0) is 18.6. The van der Waals surface area contributed by atoms with E-state index in [0.29, 0.717) is 22.4 Å². The predicted molar refractivity (Wildman–Crippen MR) is 105 cm³/mol. The van der Waals surface area contributed by atoms with Crippen molar-refractivity contribution in [2.75, 3.05) is 5.32 Å². The number of hydrogen-bond acceptors (Lipinski definition) is 5. The first kappa shape index (κ1) is 17.2. The van der Waals surface area contributed by atoms with Crippen LogP contribution in [0.15, 0.2) is 65.3 Å². The number of rotatable bonds is 6. The average molecular weight is 379 g/mol. The van der Waals surface area contributed by atoms with Crippen LogP contribution >= 0.6 is 11.3 Å². The molecule has 0 aliphatic carbocycles. The minimum Gasteiger partial charge on any atom is -0.323 e. The second kappa shape index (κ2) is 7.55. The van der Waals surface area contributed by atoms with Crippen molar-refractivity contribution in [2.24, 2.45) is 0 Å². The Balaban J connectivity index is 1.35. The van der Waals surface area contributed by atoms with Crippen LogP contribution in [0.5, 0.6) is 0 Å². The molecule has 136 valence electrons. The van der Waals surface area contributed by atoms with Gasteiger partial charge in [-0.15, -0.1) is 11.3 Å². The quantitative estimate of drug-likeness (QED) is 0.558. The lowest BCUT2D eigenvalue weighted by Crippen LogP contribution is -2.23. The van der Waals surface area contributed by atoms with Crippen molar-refractivity contribution in [2.45, 2.75) is 19.5 Å². The maximum atomic E-state index is 12.3. The molecule has 1 aromatic carbocycles. The molecule has 3 aromatic heterocycles. The lowest BCUT2D eigenvalue weighted by molar-refractivity contribution is -0.116. The van der Waals surface area contributed by atoms with Crippen molar-refractivity contribution in [1.29, 1.82) is 0 Å². The summed E-state index contributed by atoms with van der Waals surface area (Å²) in [6, 6.07) is 11.7. The highest BCUT2D eigenvalue weighted by molar-refractivity contribution is 7.16. The number of aromatic nitrogens is 4.